The van der Waals surface area contributed by atoms with Crippen molar-refractivity contribution in [3.63, 3.8) is 0 Å². The van der Waals surface area contributed by atoms with Crippen LogP contribution in [0, 0.1) is 5.92 Å². The molecule has 2 unspecified atom stereocenters. The minimum atomic E-state index is 0.462. The van der Waals surface area contributed by atoms with E-state index in [4.69, 9.17) is 5.73 Å². The van der Waals surface area contributed by atoms with Crippen molar-refractivity contribution in [2.24, 2.45) is 11.7 Å². The van der Waals surface area contributed by atoms with Crippen LogP contribution in [0.25, 0.3) is 0 Å². The van der Waals surface area contributed by atoms with Gasteiger partial charge in [0.25, 0.3) is 0 Å². The maximum atomic E-state index is 5.95. The summed E-state index contributed by atoms with van der Waals surface area (Å²) < 4.78 is 0. The molecule has 2 N–H and O–H groups in total. The Morgan fingerprint density at radius 2 is 1.92 bits per heavy atom. The van der Waals surface area contributed by atoms with Crippen molar-refractivity contribution in [3.05, 3.63) is 12.2 Å². The van der Waals surface area contributed by atoms with E-state index in [1.54, 1.807) is 0 Å². The second-order valence-corrected chi connectivity index (χ2v) is 4.03. The molecule has 1 aliphatic carbocycles. The van der Waals surface area contributed by atoms with Gasteiger partial charge in [0.1, 0.15) is 0 Å². The van der Waals surface area contributed by atoms with Crippen LogP contribution in [0.5, 0.6) is 0 Å². The van der Waals surface area contributed by atoms with Crippen molar-refractivity contribution in [1.29, 1.82) is 0 Å². The van der Waals surface area contributed by atoms with Gasteiger partial charge in [-0.1, -0.05) is 25.5 Å². The molecule has 0 aromatic heterocycles. The van der Waals surface area contributed by atoms with E-state index < -0.39 is 0 Å². The third-order valence-electron chi connectivity index (χ3n) is 2.64. The monoisotopic (exact) mass is 167 g/mol. The molecule has 0 radical (unpaired) electrons. The highest BCUT2D eigenvalue weighted by molar-refractivity contribution is 4.87. The topological polar surface area (TPSA) is 26.0 Å². The number of hydrogen-bond donors (Lipinski definition) is 1. The molecule has 0 saturated heterocycles. The van der Waals surface area contributed by atoms with E-state index in [1.165, 1.54) is 38.5 Å². The van der Waals surface area contributed by atoms with Gasteiger partial charge in [-0.3, -0.25) is 0 Å². The fourth-order valence-corrected chi connectivity index (χ4v) is 1.77. The Hall–Kier alpha value is -0.300. The SMILES string of the molecule is CC1C=CCCCC(N)CCC1. The van der Waals surface area contributed by atoms with E-state index in [1.807, 2.05) is 0 Å². The van der Waals surface area contributed by atoms with Gasteiger partial charge in [-0.25, -0.2) is 0 Å². The third-order valence-corrected chi connectivity index (χ3v) is 2.64. The highest BCUT2D eigenvalue weighted by atomic mass is 14.6. The van der Waals surface area contributed by atoms with Gasteiger partial charge in [0.05, 0.1) is 0 Å². The molecule has 2 atom stereocenters. The van der Waals surface area contributed by atoms with Crippen LogP contribution in [-0.4, -0.2) is 6.04 Å². The van der Waals surface area contributed by atoms with Gasteiger partial charge in [-0.2, -0.15) is 0 Å². The summed E-state index contributed by atoms with van der Waals surface area (Å²) in [5.41, 5.74) is 5.95. The van der Waals surface area contributed by atoms with Crippen LogP contribution >= 0.6 is 0 Å². The summed E-state index contributed by atoms with van der Waals surface area (Å²) in [5.74, 6) is 0.760. The lowest BCUT2D eigenvalue weighted by Crippen LogP contribution is -2.19. The Morgan fingerprint density at radius 1 is 1.17 bits per heavy atom. The van der Waals surface area contributed by atoms with Gasteiger partial charge in [-0.15, -0.1) is 0 Å². The fourth-order valence-electron chi connectivity index (χ4n) is 1.77. The minimum Gasteiger partial charge on any atom is -0.328 e. The molecular weight excluding hydrogens is 146 g/mol. The van der Waals surface area contributed by atoms with Crippen molar-refractivity contribution in [1.82, 2.24) is 0 Å². The Labute approximate surface area is 76.0 Å². The average Bonchev–Trinajstić information content (AvgIpc) is 2.04. The van der Waals surface area contributed by atoms with E-state index in [2.05, 4.69) is 19.1 Å². The van der Waals surface area contributed by atoms with Gasteiger partial charge in [0.2, 0.25) is 0 Å². The highest BCUT2D eigenvalue weighted by Gasteiger charge is 2.05. The van der Waals surface area contributed by atoms with Gasteiger partial charge in [0.15, 0.2) is 0 Å². The highest BCUT2D eigenvalue weighted by Crippen LogP contribution is 2.15. The minimum absolute atomic E-state index is 0.462. The number of allylic oxidation sites excluding steroid dienone is 2. The predicted molar refractivity (Wildman–Crippen MR) is 54.0 cm³/mol. The molecular formula is C11H21N. The van der Waals surface area contributed by atoms with Crippen LogP contribution in [0.4, 0.5) is 0 Å². The third kappa shape index (κ3) is 3.91. The van der Waals surface area contributed by atoms with Crippen LogP contribution in [0.3, 0.4) is 0 Å². The largest absolute Gasteiger partial charge is 0.328 e. The maximum absolute atomic E-state index is 5.95. The van der Waals surface area contributed by atoms with Crippen LogP contribution < -0.4 is 5.73 Å². The van der Waals surface area contributed by atoms with Crippen molar-refractivity contribution < 1.29 is 0 Å². The molecule has 0 aromatic rings. The van der Waals surface area contributed by atoms with Gasteiger partial charge in [0, 0.05) is 6.04 Å². The molecule has 0 aliphatic heterocycles. The van der Waals surface area contributed by atoms with Crippen molar-refractivity contribution in [3.8, 4) is 0 Å². The molecule has 0 spiro atoms. The zero-order chi connectivity index (χ0) is 8.81. The van der Waals surface area contributed by atoms with Gasteiger partial charge >= 0.3 is 0 Å². The second kappa shape index (κ2) is 5.36. The zero-order valence-electron chi connectivity index (χ0n) is 8.13. The smallest absolute Gasteiger partial charge is 0.00389 e. The fraction of sp³-hybridized carbons (Fsp3) is 0.818. The summed E-state index contributed by atoms with van der Waals surface area (Å²) >= 11 is 0. The van der Waals surface area contributed by atoms with E-state index >= 15 is 0 Å². The first kappa shape index (κ1) is 9.79. The number of nitrogens with two attached hydrogens (primary N) is 1. The molecule has 1 nitrogen and oxygen atoms in total. The van der Waals surface area contributed by atoms with Crippen LogP contribution in [0.1, 0.15) is 45.4 Å². The lowest BCUT2D eigenvalue weighted by Gasteiger charge is -2.13. The Morgan fingerprint density at radius 3 is 2.75 bits per heavy atom. The standard InChI is InChI=1S/C11H21N/c1-10-6-3-2-4-8-11(12)9-5-7-10/h3,6,10-11H,2,4-5,7-9,12H2,1H3. The zero-order valence-corrected chi connectivity index (χ0v) is 8.13. The summed E-state index contributed by atoms with van der Waals surface area (Å²) in [6.07, 6.45) is 12.2. The molecule has 1 aliphatic rings. The summed E-state index contributed by atoms with van der Waals surface area (Å²) in [5, 5.41) is 0. The molecule has 0 bridgehead atoms. The molecule has 0 saturated carbocycles. The van der Waals surface area contributed by atoms with E-state index in [0.29, 0.717) is 6.04 Å². The van der Waals surface area contributed by atoms with Crippen LogP contribution in [0.15, 0.2) is 12.2 Å². The maximum Gasteiger partial charge on any atom is 0.00389 e. The first-order valence-corrected chi connectivity index (χ1v) is 5.21. The summed E-state index contributed by atoms with van der Waals surface area (Å²) in [6, 6.07) is 0.462. The summed E-state index contributed by atoms with van der Waals surface area (Å²) in [6.45, 7) is 2.30. The first-order chi connectivity index (χ1) is 5.79. The Kier molecular flexibility index (Phi) is 4.37. The second-order valence-electron chi connectivity index (χ2n) is 4.03. The number of hydrogen-bond acceptors (Lipinski definition) is 1. The van der Waals surface area contributed by atoms with Crippen molar-refractivity contribution >= 4 is 0 Å². The molecule has 70 valence electrons. The van der Waals surface area contributed by atoms with Crippen molar-refractivity contribution in [2.45, 2.75) is 51.5 Å². The lowest BCUT2D eigenvalue weighted by molar-refractivity contribution is 0.485. The molecule has 0 amide bonds. The average molecular weight is 167 g/mol. The lowest BCUT2D eigenvalue weighted by atomic mass is 9.96. The quantitative estimate of drug-likeness (QED) is 0.552. The summed E-state index contributed by atoms with van der Waals surface area (Å²) in [4.78, 5) is 0. The molecule has 1 rings (SSSR count). The van der Waals surface area contributed by atoms with Crippen LogP contribution in [-0.2, 0) is 0 Å². The van der Waals surface area contributed by atoms with E-state index in [9.17, 15) is 0 Å². The Bertz CT molecular complexity index is 140. The van der Waals surface area contributed by atoms with Crippen molar-refractivity contribution in [2.75, 3.05) is 0 Å². The summed E-state index contributed by atoms with van der Waals surface area (Å²) in [7, 11) is 0. The van der Waals surface area contributed by atoms with Crippen LogP contribution in [0.2, 0.25) is 0 Å². The normalized spacial score (nSPS) is 33.2. The number of rotatable bonds is 0. The van der Waals surface area contributed by atoms with E-state index in [0.717, 1.165) is 5.92 Å². The molecule has 12 heavy (non-hydrogen) atoms. The molecule has 0 heterocycles. The predicted octanol–water partition coefficient (Wildman–Crippen LogP) is 2.86. The molecule has 0 fully saturated rings. The Balaban J connectivity index is 2.33. The van der Waals surface area contributed by atoms with Gasteiger partial charge < -0.3 is 5.73 Å². The molecule has 0 aromatic carbocycles. The first-order valence-electron chi connectivity index (χ1n) is 5.21. The van der Waals surface area contributed by atoms with Gasteiger partial charge in [-0.05, 0) is 38.0 Å². The molecule has 1 heteroatoms. The van der Waals surface area contributed by atoms with E-state index in [-0.39, 0.29) is 0 Å².